The second-order valence-electron chi connectivity index (χ2n) is 8.54. The Hall–Kier alpha value is -2.36. The number of hydrogen-bond donors (Lipinski definition) is 2. The van der Waals surface area contributed by atoms with Crippen LogP contribution in [0.2, 0.25) is 0 Å². The number of piperidine rings is 1. The van der Waals surface area contributed by atoms with E-state index in [9.17, 15) is 18.0 Å². The number of aryl methyl sites for hydroxylation is 1. The van der Waals surface area contributed by atoms with Crippen LogP contribution in [-0.2, 0) is 19.6 Å². The van der Waals surface area contributed by atoms with Crippen molar-refractivity contribution in [3.63, 3.8) is 0 Å². The van der Waals surface area contributed by atoms with Gasteiger partial charge in [0.1, 0.15) is 0 Å². The fraction of sp³-hybridized carbons (Fsp3) is 0.417. The number of rotatable bonds is 7. The Balaban J connectivity index is 1.44. The highest BCUT2D eigenvalue weighted by atomic mass is 32.2. The number of thioether (sulfide) groups is 1. The van der Waals surface area contributed by atoms with Crippen molar-refractivity contribution in [3.05, 3.63) is 59.7 Å². The van der Waals surface area contributed by atoms with Crippen LogP contribution in [0.5, 0.6) is 0 Å². The molecule has 33 heavy (non-hydrogen) atoms. The molecule has 1 heterocycles. The van der Waals surface area contributed by atoms with E-state index in [2.05, 4.69) is 24.7 Å². The van der Waals surface area contributed by atoms with Gasteiger partial charge in [0, 0.05) is 23.9 Å². The van der Waals surface area contributed by atoms with E-state index in [0.29, 0.717) is 18.8 Å². The number of sulfonamides is 1. The zero-order chi connectivity index (χ0) is 24.0. The third-order valence-corrected chi connectivity index (χ3v) is 8.65. The summed E-state index contributed by atoms with van der Waals surface area (Å²) in [5.74, 6) is -0.404. The van der Waals surface area contributed by atoms with Crippen LogP contribution in [0.15, 0.2) is 58.3 Å². The molecule has 0 unspecified atom stereocenters. The lowest BCUT2D eigenvalue weighted by Gasteiger charge is -2.30. The van der Waals surface area contributed by atoms with E-state index < -0.39 is 10.0 Å². The molecule has 0 saturated carbocycles. The molecule has 2 amide bonds. The summed E-state index contributed by atoms with van der Waals surface area (Å²) in [5, 5.41) is 0. The first-order valence-corrected chi connectivity index (χ1v) is 13.5. The van der Waals surface area contributed by atoms with E-state index >= 15 is 0 Å². The van der Waals surface area contributed by atoms with Gasteiger partial charge in [-0.15, -0.1) is 11.8 Å². The highest BCUT2D eigenvalue weighted by molar-refractivity contribution is 8.00. The summed E-state index contributed by atoms with van der Waals surface area (Å²) in [7, 11) is -3.59. The molecule has 2 aromatic carbocycles. The first kappa shape index (κ1) is 25.3. The van der Waals surface area contributed by atoms with Gasteiger partial charge < -0.3 is 0 Å². The Kier molecular flexibility index (Phi) is 8.56. The molecule has 0 spiro atoms. The SMILES string of the molecule is Cc1ccc(SCC(=O)NNC(=O)C2CCN(S(=O)(=O)c3ccc(C(C)C)cc3)CC2)cc1. The van der Waals surface area contributed by atoms with Crippen molar-refractivity contribution in [2.24, 2.45) is 5.92 Å². The van der Waals surface area contributed by atoms with E-state index in [1.54, 1.807) is 12.1 Å². The van der Waals surface area contributed by atoms with Crippen LogP contribution in [-0.4, -0.2) is 43.4 Å². The van der Waals surface area contributed by atoms with Gasteiger partial charge in [-0.3, -0.25) is 20.4 Å². The molecule has 2 aromatic rings. The van der Waals surface area contributed by atoms with E-state index in [1.165, 1.54) is 16.1 Å². The fourth-order valence-electron chi connectivity index (χ4n) is 3.58. The first-order valence-electron chi connectivity index (χ1n) is 11.0. The minimum Gasteiger partial charge on any atom is -0.273 e. The lowest BCUT2D eigenvalue weighted by molar-refractivity contribution is -0.131. The normalized spacial score (nSPS) is 15.4. The molecule has 1 aliphatic heterocycles. The maximum Gasteiger partial charge on any atom is 0.248 e. The van der Waals surface area contributed by atoms with Crippen LogP contribution >= 0.6 is 11.8 Å². The van der Waals surface area contributed by atoms with Gasteiger partial charge in [0.05, 0.1) is 10.6 Å². The summed E-state index contributed by atoms with van der Waals surface area (Å²) in [6.45, 7) is 6.66. The minimum absolute atomic E-state index is 0.190. The van der Waals surface area contributed by atoms with E-state index in [0.717, 1.165) is 16.0 Å². The van der Waals surface area contributed by atoms with Gasteiger partial charge >= 0.3 is 0 Å². The molecule has 7 nitrogen and oxygen atoms in total. The summed E-state index contributed by atoms with van der Waals surface area (Å²) >= 11 is 1.39. The quantitative estimate of drug-likeness (QED) is 0.459. The lowest BCUT2D eigenvalue weighted by atomic mass is 9.98. The van der Waals surface area contributed by atoms with Crippen LogP contribution in [0.1, 0.15) is 43.7 Å². The van der Waals surface area contributed by atoms with Crippen LogP contribution in [0.4, 0.5) is 0 Å². The lowest BCUT2D eigenvalue weighted by Crippen LogP contribution is -2.48. The topological polar surface area (TPSA) is 95.6 Å². The first-order chi connectivity index (χ1) is 15.7. The van der Waals surface area contributed by atoms with Gasteiger partial charge in [-0.05, 0) is 55.5 Å². The molecule has 0 aromatic heterocycles. The number of benzene rings is 2. The predicted octanol–water partition coefficient (Wildman–Crippen LogP) is 3.46. The summed E-state index contributed by atoms with van der Waals surface area (Å²) in [6.07, 6.45) is 0.812. The minimum atomic E-state index is -3.59. The van der Waals surface area contributed by atoms with E-state index in [1.807, 2.05) is 43.3 Å². The van der Waals surface area contributed by atoms with Gasteiger partial charge in [-0.25, -0.2) is 8.42 Å². The predicted molar refractivity (Wildman–Crippen MR) is 130 cm³/mol. The molecular weight excluding hydrogens is 458 g/mol. The standard InChI is InChI=1S/C24H31N3O4S2/c1-17(2)19-6-10-22(11-7-19)33(30,31)27-14-12-20(13-15-27)24(29)26-25-23(28)16-32-21-8-4-18(3)5-9-21/h4-11,17,20H,12-16H2,1-3H3,(H,25,28)(H,26,29). The molecule has 3 rings (SSSR count). The Morgan fingerprint density at radius 1 is 1.00 bits per heavy atom. The number of nitrogens with one attached hydrogen (secondary N) is 2. The zero-order valence-corrected chi connectivity index (χ0v) is 20.8. The number of carbonyl (C=O) groups is 2. The van der Waals surface area contributed by atoms with Crippen LogP contribution in [0, 0.1) is 12.8 Å². The van der Waals surface area contributed by atoms with Crippen molar-refractivity contribution in [1.82, 2.24) is 15.2 Å². The van der Waals surface area contributed by atoms with Gasteiger partial charge in [0.15, 0.2) is 0 Å². The molecule has 1 aliphatic rings. The van der Waals surface area contributed by atoms with Crippen molar-refractivity contribution in [2.75, 3.05) is 18.8 Å². The molecule has 0 bridgehead atoms. The highest BCUT2D eigenvalue weighted by Crippen LogP contribution is 2.25. The summed E-state index contributed by atoms with van der Waals surface area (Å²) in [6, 6.07) is 14.8. The van der Waals surface area contributed by atoms with Crippen LogP contribution in [0.25, 0.3) is 0 Å². The Morgan fingerprint density at radius 3 is 2.18 bits per heavy atom. The van der Waals surface area contributed by atoms with Gasteiger partial charge in [-0.2, -0.15) is 4.31 Å². The number of carbonyl (C=O) groups excluding carboxylic acids is 2. The van der Waals surface area contributed by atoms with E-state index in [-0.39, 0.29) is 41.5 Å². The third-order valence-electron chi connectivity index (χ3n) is 5.73. The Labute approximate surface area is 200 Å². The number of hydrogen-bond acceptors (Lipinski definition) is 5. The largest absolute Gasteiger partial charge is 0.273 e. The highest BCUT2D eigenvalue weighted by Gasteiger charge is 2.32. The van der Waals surface area contributed by atoms with Crippen molar-refractivity contribution in [3.8, 4) is 0 Å². The molecule has 178 valence electrons. The number of nitrogens with zero attached hydrogens (tertiary/aromatic N) is 1. The molecule has 9 heteroatoms. The molecular formula is C24H31N3O4S2. The maximum absolute atomic E-state index is 12.9. The molecule has 0 aliphatic carbocycles. The van der Waals surface area contributed by atoms with Crippen molar-refractivity contribution >= 4 is 33.6 Å². The smallest absolute Gasteiger partial charge is 0.248 e. The second-order valence-corrected chi connectivity index (χ2v) is 11.5. The monoisotopic (exact) mass is 489 g/mol. The van der Waals surface area contributed by atoms with Gasteiger partial charge in [0.25, 0.3) is 0 Å². The summed E-state index contributed by atoms with van der Waals surface area (Å²) in [4.78, 5) is 25.7. The maximum atomic E-state index is 12.9. The van der Waals surface area contributed by atoms with Crippen molar-refractivity contribution in [2.45, 2.75) is 49.3 Å². The van der Waals surface area contributed by atoms with Crippen LogP contribution in [0.3, 0.4) is 0 Å². The average Bonchev–Trinajstić information content (AvgIpc) is 2.82. The van der Waals surface area contributed by atoms with Crippen molar-refractivity contribution in [1.29, 1.82) is 0 Å². The molecule has 2 N–H and O–H groups in total. The van der Waals surface area contributed by atoms with Crippen LogP contribution < -0.4 is 10.9 Å². The zero-order valence-electron chi connectivity index (χ0n) is 19.2. The fourth-order valence-corrected chi connectivity index (χ4v) is 5.75. The summed E-state index contributed by atoms with van der Waals surface area (Å²) in [5.41, 5.74) is 7.17. The second kappa shape index (κ2) is 11.2. The summed E-state index contributed by atoms with van der Waals surface area (Å²) < 4.78 is 27.3. The Morgan fingerprint density at radius 2 is 1.61 bits per heavy atom. The van der Waals surface area contributed by atoms with E-state index in [4.69, 9.17) is 0 Å². The number of amides is 2. The Bertz CT molecular complexity index is 1060. The number of hydrazine groups is 1. The van der Waals surface area contributed by atoms with Gasteiger partial charge in [0.2, 0.25) is 21.8 Å². The average molecular weight is 490 g/mol. The third kappa shape index (κ3) is 6.82. The van der Waals surface area contributed by atoms with Gasteiger partial charge in [-0.1, -0.05) is 43.7 Å². The molecule has 1 fully saturated rings. The molecule has 0 radical (unpaired) electrons. The molecule has 1 saturated heterocycles. The van der Waals surface area contributed by atoms with Crippen molar-refractivity contribution < 1.29 is 18.0 Å². The molecule has 0 atom stereocenters.